The van der Waals surface area contributed by atoms with Gasteiger partial charge in [0.25, 0.3) is 0 Å². The second-order valence-corrected chi connectivity index (χ2v) is 0.963. The minimum atomic E-state index is -0.567. The lowest BCUT2D eigenvalue weighted by molar-refractivity contribution is -0.146. The quantitative estimate of drug-likeness (QED) is 0.548. The summed E-state index contributed by atoms with van der Waals surface area (Å²) in [6.45, 7) is 1.50. The van der Waals surface area contributed by atoms with Gasteiger partial charge in [-0.2, -0.15) is 0 Å². The van der Waals surface area contributed by atoms with E-state index in [-0.39, 0.29) is 12.4 Å². The molecule has 0 saturated heterocycles. The first-order chi connectivity index (χ1) is 3.31. The van der Waals surface area contributed by atoms with Crippen molar-refractivity contribution in [1.82, 2.24) is 0 Å². The van der Waals surface area contributed by atoms with Gasteiger partial charge in [0.2, 0.25) is 0 Å². The van der Waals surface area contributed by atoms with E-state index in [9.17, 15) is 4.79 Å². The zero-order valence-electron chi connectivity index (χ0n) is 4.59. The van der Waals surface area contributed by atoms with E-state index in [0.29, 0.717) is 6.61 Å². The fourth-order valence-corrected chi connectivity index (χ4v) is 0.207. The molecule has 0 aromatic rings. The molecule has 4 heteroatoms. The molecular weight excluding hydrogens is 131 g/mol. The number of aliphatic hydroxyl groups is 1. The number of hydrogen-bond donors (Lipinski definition) is 1. The van der Waals surface area contributed by atoms with E-state index < -0.39 is 12.6 Å². The molecule has 0 aliphatic carbocycles. The van der Waals surface area contributed by atoms with Crippen LogP contribution in [0.3, 0.4) is 0 Å². The van der Waals surface area contributed by atoms with Crippen molar-refractivity contribution >= 4 is 18.4 Å². The number of esters is 1. The third-order valence-electron chi connectivity index (χ3n) is 0.434. The highest BCUT2D eigenvalue weighted by molar-refractivity contribution is 5.85. The average molecular weight is 141 g/mol. The largest absolute Gasteiger partial charge is 0.464 e. The van der Waals surface area contributed by atoms with Gasteiger partial charge >= 0.3 is 5.97 Å². The molecular formula is C4H9ClO3. The van der Waals surface area contributed by atoms with Crippen molar-refractivity contribution in [3.63, 3.8) is 0 Å². The zero-order valence-corrected chi connectivity index (χ0v) is 5.40. The predicted octanol–water partition coefficient (Wildman–Crippen LogP) is -0.0364. The van der Waals surface area contributed by atoms with Gasteiger partial charge in [-0.1, -0.05) is 0 Å². The summed E-state index contributed by atoms with van der Waals surface area (Å²) in [5.74, 6) is -0.567. The second kappa shape index (κ2) is 6.72. The van der Waals surface area contributed by atoms with E-state index in [1.54, 1.807) is 6.92 Å². The number of carbonyl (C=O) groups is 1. The van der Waals surface area contributed by atoms with Crippen LogP contribution in [0.2, 0.25) is 0 Å². The van der Waals surface area contributed by atoms with Crippen LogP contribution >= 0.6 is 12.4 Å². The minimum absolute atomic E-state index is 0. The molecule has 0 unspecified atom stereocenters. The minimum Gasteiger partial charge on any atom is -0.464 e. The normalized spacial score (nSPS) is 7.25. The first kappa shape index (κ1) is 10.7. The van der Waals surface area contributed by atoms with Gasteiger partial charge in [-0.15, -0.1) is 12.4 Å². The summed E-state index contributed by atoms with van der Waals surface area (Å²) < 4.78 is 4.30. The molecule has 0 aliphatic heterocycles. The van der Waals surface area contributed by atoms with Crippen LogP contribution in [0.5, 0.6) is 0 Å². The molecule has 0 spiro atoms. The van der Waals surface area contributed by atoms with Crippen molar-refractivity contribution < 1.29 is 14.6 Å². The predicted molar refractivity (Wildman–Crippen MR) is 31.0 cm³/mol. The lowest BCUT2D eigenvalue weighted by Crippen LogP contribution is -2.07. The molecule has 0 heterocycles. The molecule has 1 N–H and O–H groups in total. The van der Waals surface area contributed by atoms with Gasteiger partial charge in [-0.3, -0.25) is 0 Å². The van der Waals surface area contributed by atoms with E-state index in [1.165, 1.54) is 0 Å². The Hall–Kier alpha value is -0.280. The Morgan fingerprint density at radius 2 is 2.25 bits per heavy atom. The first-order valence-electron chi connectivity index (χ1n) is 2.07. The number of ether oxygens (including phenoxy) is 1. The van der Waals surface area contributed by atoms with Crippen LogP contribution in [0.4, 0.5) is 0 Å². The van der Waals surface area contributed by atoms with E-state index in [2.05, 4.69) is 4.74 Å². The van der Waals surface area contributed by atoms with Gasteiger partial charge in [-0.05, 0) is 6.92 Å². The summed E-state index contributed by atoms with van der Waals surface area (Å²) >= 11 is 0. The number of carbonyl (C=O) groups excluding carboxylic acids is 1. The lowest BCUT2D eigenvalue weighted by atomic mass is 10.7. The molecule has 0 rings (SSSR count). The molecule has 0 radical (unpaired) electrons. The topological polar surface area (TPSA) is 46.5 Å². The van der Waals surface area contributed by atoms with E-state index >= 15 is 0 Å². The van der Waals surface area contributed by atoms with Crippen molar-refractivity contribution in [2.45, 2.75) is 6.92 Å². The zero-order chi connectivity index (χ0) is 5.70. The Morgan fingerprint density at radius 3 is 2.38 bits per heavy atom. The van der Waals surface area contributed by atoms with Crippen molar-refractivity contribution in [2.24, 2.45) is 0 Å². The summed E-state index contributed by atoms with van der Waals surface area (Å²) in [6.07, 6.45) is 0. The summed E-state index contributed by atoms with van der Waals surface area (Å²) in [5, 5.41) is 7.99. The number of halogens is 1. The summed E-state index contributed by atoms with van der Waals surface area (Å²) in [4.78, 5) is 9.94. The van der Waals surface area contributed by atoms with Crippen molar-refractivity contribution in [3.8, 4) is 0 Å². The van der Waals surface area contributed by atoms with Crippen LogP contribution in [0.25, 0.3) is 0 Å². The Kier molecular flexibility index (Phi) is 8.95. The summed E-state index contributed by atoms with van der Waals surface area (Å²) in [7, 11) is 0. The fraction of sp³-hybridized carbons (Fsp3) is 0.750. The number of rotatable bonds is 2. The van der Waals surface area contributed by atoms with Gasteiger partial charge in [0.1, 0.15) is 6.61 Å². The number of aliphatic hydroxyl groups excluding tert-OH is 1. The SMILES string of the molecule is CCOC(=O)CO.Cl. The van der Waals surface area contributed by atoms with Gasteiger partial charge in [0, 0.05) is 0 Å². The maximum absolute atomic E-state index is 9.94. The van der Waals surface area contributed by atoms with Crippen molar-refractivity contribution in [3.05, 3.63) is 0 Å². The number of hydrogen-bond acceptors (Lipinski definition) is 3. The molecule has 50 valence electrons. The molecule has 0 amide bonds. The van der Waals surface area contributed by atoms with Gasteiger partial charge < -0.3 is 9.84 Å². The Labute approximate surface area is 54.1 Å². The highest BCUT2D eigenvalue weighted by Crippen LogP contribution is 1.71. The first-order valence-corrected chi connectivity index (χ1v) is 2.07. The standard InChI is InChI=1S/C4H8O3.ClH/c1-2-7-4(6)3-5;/h5H,2-3H2,1H3;1H. The molecule has 0 bridgehead atoms. The third kappa shape index (κ3) is 5.72. The highest BCUT2D eigenvalue weighted by Gasteiger charge is 1.92. The Bertz CT molecular complexity index is 64.3. The molecule has 0 atom stereocenters. The van der Waals surface area contributed by atoms with Crippen molar-refractivity contribution in [1.29, 1.82) is 0 Å². The van der Waals surface area contributed by atoms with Crippen LogP contribution < -0.4 is 0 Å². The third-order valence-corrected chi connectivity index (χ3v) is 0.434. The molecule has 0 aromatic heterocycles. The molecule has 0 aromatic carbocycles. The average Bonchev–Trinajstić information content (AvgIpc) is 1.68. The highest BCUT2D eigenvalue weighted by atomic mass is 35.5. The van der Waals surface area contributed by atoms with E-state index in [0.717, 1.165) is 0 Å². The molecule has 3 nitrogen and oxygen atoms in total. The van der Waals surface area contributed by atoms with Gasteiger partial charge in [0.15, 0.2) is 0 Å². The second-order valence-electron chi connectivity index (χ2n) is 0.963. The Morgan fingerprint density at radius 1 is 1.75 bits per heavy atom. The van der Waals surface area contributed by atoms with E-state index in [1.807, 2.05) is 0 Å². The van der Waals surface area contributed by atoms with E-state index in [4.69, 9.17) is 5.11 Å². The van der Waals surface area contributed by atoms with Crippen LogP contribution in [-0.4, -0.2) is 24.3 Å². The lowest BCUT2D eigenvalue weighted by Gasteiger charge is -1.93. The fourth-order valence-electron chi connectivity index (χ4n) is 0.207. The van der Waals surface area contributed by atoms with Crippen LogP contribution in [-0.2, 0) is 9.53 Å². The molecule has 0 fully saturated rings. The molecule has 0 saturated carbocycles. The van der Waals surface area contributed by atoms with Crippen molar-refractivity contribution in [2.75, 3.05) is 13.2 Å². The van der Waals surface area contributed by atoms with Gasteiger partial charge in [0.05, 0.1) is 6.61 Å². The monoisotopic (exact) mass is 140 g/mol. The Balaban J connectivity index is 0. The maximum atomic E-state index is 9.94. The van der Waals surface area contributed by atoms with Crippen LogP contribution in [0.1, 0.15) is 6.92 Å². The smallest absolute Gasteiger partial charge is 0.331 e. The van der Waals surface area contributed by atoms with Crippen LogP contribution in [0.15, 0.2) is 0 Å². The summed E-state index contributed by atoms with van der Waals surface area (Å²) in [5.41, 5.74) is 0. The molecule has 8 heavy (non-hydrogen) atoms. The summed E-state index contributed by atoms with van der Waals surface area (Å²) in [6, 6.07) is 0. The maximum Gasteiger partial charge on any atom is 0.331 e. The van der Waals surface area contributed by atoms with Crippen LogP contribution in [0, 0.1) is 0 Å². The van der Waals surface area contributed by atoms with Gasteiger partial charge in [-0.25, -0.2) is 4.79 Å². The molecule has 0 aliphatic rings.